The minimum atomic E-state index is -4.01. The normalized spacial score (nSPS) is 15.6. The number of likely N-dealkylation sites (tertiary alicyclic amines) is 1. The third-order valence-electron chi connectivity index (χ3n) is 5.99. The maximum atomic E-state index is 13.8. The zero-order valence-electron chi connectivity index (χ0n) is 19.0. The third-order valence-corrected chi connectivity index (χ3v) is 7.37. The van der Waals surface area contributed by atoms with Crippen LogP contribution in [0.1, 0.15) is 47.0 Å². The number of carbonyl (C=O) groups is 1. The van der Waals surface area contributed by atoms with Gasteiger partial charge in [-0.05, 0) is 80.9 Å². The molecule has 1 atom stereocenters. The average Bonchev–Trinajstić information content (AvgIpc) is 3.36. The number of benzene rings is 2. The number of hydrogen-bond acceptors (Lipinski definition) is 5. The largest absolute Gasteiger partial charge is 0.468 e. The summed E-state index contributed by atoms with van der Waals surface area (Å²) in [5, 5.41) is 2.95. The summed E-state index contributed by atoms with van der Waals surface area (Å²) in [6.45, 7) is 3.81. The van der Waals surface area contributed by atoms with E-state index in [9.17, 15) is 17.6 Å². The molecule has 2 aromatic carbocycles. The van der Waals surface area contributed by atoms with Crippen molar-refractivity contribution in [2.75, 3.05) is 24.4 Å². The lowest BCUT2D eigenvalue weighted by molar-refractivity contribution is 0.0914. The molecular formula is C25H28FN3O4S. The Balaban J connectivity index is 1.45. The van der Waals surface area contributed by atoms with Gasteiger partial charge in [0.15, 0.2) is 0 Å². The number of sulfonamides is 1. The van der Waals surface area contributed by atoms with E-state index in [1.54, 1.807) is 25.3 Å². The fourth-order valence-electron chi connectivity index (χ4n) is 4.09. The van der Waals surface area contributed by atoms with Crippen LogP contribution in [-0.4, -0.2) is 38.9 Å². The van der Waals surface area contributed by atoms with Gasteiger partial charge in [0.1, 0.15) is 11.6 Å². The summed E-state index contributed by atoms with van der Waals surface area (Å²) in [6.07, 6.45) is 5.05. The number of halogens is 1. The molecule has 1 aliphatic heterocycles. The summed E-state index contributed by atoms with van der Waals surface area (Å²) in [7, 11) is -4.01. The van der Waals surface area contributed by atoms with Crippen molar-refractivity contribution in [3.05, 3.63) is 83.6 Å². The Bertz CT molecular complexity index is 1240. The smallest absolute Gasteiger partial charge is 0.261 e. The summed E-state index contributed by atoms with van der Waals surface area (Å²) in [6, 6.07) is 13.6. The molecule has 34 heavy (non-hydrogen) atoms. The zero-order chi connectivity index (χ0) is 24.1. The molecule has 0 bridgehead atoms. The molecule has 1 saturated heterocycles. The Morgan fingerprint density at radius 1 is 1.09 bits per heavy atom. The van der Waals surface area contributed by atoms with Crippen molar-refractivity contribution >= 4 is 21.6 Å². The van der Waals surface area contributed by atoms with Crippen molar-refractivity contribution in [1.82, 2.24) is 10.2 Å². The van der Waals surface area contributed by atoms with Gasteiger partial charge in [-0.25, -0.2) is 12.8 Å². The molecule has 0 aliphatic carbocycles. The molecule has 1 amide bonds. The molecule has 3 aromatic rings. The molecule has 1 aromatic heterocycles. The van der Waals surface area contributed by atoms with Crippen LogP contribution < -0.4 is 10.0 Å². The molecule has 2 N–H and O–H groups in total. The van der Waals surface area contributed by atoms with Crippen molar-refractivity contribution in [3.63, 3.8) is 0 Å². The number of nitrogens with one attached hydrogen (secondary N) is 2. The summed E-state index contributed by atoms with van der Waals surface area (Å²) in [5.41, 5.74) is 0.884. The van der Waals surface area contributed by atoms with E-state index in [1.165, 1.54) is 30.7 Å². The van der Waals surface area contributed by atoms with Gasteiger partial charge in [-0.2, -0.15) is 0 Å². The van der Waals surface area contributed by atoms with Crippen LogP contribution in [0.5, 0.6) is 0 Å². The zero-order valence-corrected chi connectivity index (χ0v) is 19.8. The van der Waals surface area contributed by atoms with Gasteiger partial charge in [0.05, 0.1) is 17.2 Å². The quantitative estimate of drug-likeness (QED) is 0.491. The fraction of sp³-hybridized carbons (Fsp3) is 0.320. The highest BCUT2D eigenvalue weighted by atomic mass is 32.2. The van der Waals surface area contributed by atoms with Crippen LogP contribution in [0.3, 0.4) is 0 Å². The van der Waals surface area contributed by atoms with Gasteiger partial charge in [-0.3, -0.25) is 14.4 Å². The summed E-state index contributed by atoms with van der Waals surface area (Å²) >= 11 is 0. The Morgan fingerprint density at radius 2 is 1.88 bits per heavy atom. The molecule has 1 aliphatic rings. The summed E-state index contributed by atoms with van der Waals surface area (Å²) in [4.78, 5) is 15.0. The molecule has 4 rings (SSSR count). The molecule has 0 spiro atoms. The first kappa shape index (κ1) is 24.0. The van der Waals surface area contributed by atoms with E-state index in [1.807, 2.05) is 12.1 Å². The van der Waals surface area contributed by atoms with E-state index in [0.717, 1.165) is 37.8 Å². The lowest BCUT2D eigenvalue weighted by Gasteiger charge is -2.33. The van der Waals surface area contributed by atoms with Crippen molar-refractivity contribution in [2.45, 2.75) is 37.1 Å². The highest BCUT2D eigenvalue weighted by Gasteiger charge is 2.25. The molecule has 2 heterocycles. The second kappa shape index (κ2) is 10.4. The molecular weight excluding hydrogens is 457 g/mol. The molecule has 7 nitrogen and oxygen atoms in total. The second-order valence-electron chi connectivity index (χ2n) is 8.44. The van der Waals surface area contributed by atoms with Gasteiger partial charge in [0.2, 0.25) is 0 Å². The number of hydrogen-bond donors (Lipinski definition) is 2. The predicted octanol–water partition coefficient (Wildman–Crippen LogP) is 4.48. The van der Waals surface area contributed by atoms with Crippen molar-refractivity contribution in [1.29, 1.82) is 0 Å². The minimum absolute atomic E-state index is 0.0719. The molecule has 9 heteroatoms. The van der Waals surface area contributed by atoms with Gasteiger partial charge >= 0.3 is 0 Å². The molecule has 0 radical (unpaired) electrons. The van der Waals surface area contributed by atoms with Crippen LogP contribution in [0.25, 0.3) is 0 Å². The molecule has 180 valence electrons. The number of anilines is 1. The van der Waals surface area contributed by atoms with Gasteiger partial charge in [-0.1, -0.05) is 18.6 Å². The maximum absolute atomic E-state index is 13.8. The molecule has 0 unspecified atom stereocenters. The first-order valence-electron chi connectivity index (χ1n) is 11.3. The maximum Gasteiger partial charge on any atom is 0.261 e. The lowest BCUT2D eigenvalue weighted by atomic mass is 10.1. The van der Waals surface area contributed by atoms with E-state index in [4.69, 9.17) is 4.42 Å². The number of aryl methyl sites for hydroxylation is 1. The Hall–Kier alpha value is -3.17. The predicted molar refractivity (Wildman–Crippen MR) is 128 cm³/mol. The van der Waals surface area contributed by atoms with E-state index in [0.29, 0.717) is 17.7 Å². The lowest BCUT2D eigenvalue weighted by Crippen LogP contribution is -2.40. The van der Waals surface area contributed by atoms with E-state index in [-0.39, 0.29) is 22.5 Å². The molecule has 1 fully saturated rings. The Kier molecular flexibility index (Phi) is 7.33. The average molecular weight is 486 g/mol. The second-order valence-corrected chi connectivity index (χ2v) is 10.1. The number of amides is 1. The van der Waals surface area contributed by atoms with Crippen LogP contribution in [0.4, 0.5) is 10.1 Å². The number of nitrogens with zero attached hydrogens (tertiary/aromatic N) is 1. The number of piperidine rings is 1. The van der Waals surface area contributed by atoms with Crippen molar-refractivity contribution < 1.29 is 22.0 Å². The standard InChI is InChI=1S/C25H28FN3O4S/c1-18-10-11-21(16-22(18)26)34(31,32)28-20-8-5-7-19(15-20)25(30)27-17-23(24-9-6-14-33-24)29-12-3-2-4-13-29/h5-11,14-16,23,28H,2-4,12-13,17H2,1H3,(H,27,30)/t23-/m1/s1. The van der Waals surface area contributed by atoms with Crippen LogP contribution in [0.15, 0.2) is 70.2 Å². The van der Waals surface area contributed by atoms with Crippen LogP contribution in [0, 0.1) is 12.7 Å². The SMILES string of the molecule is Cc1ccc(S(=O)(=O)Nc2cccc(C(=O)NC[C@H](c3ccco3)N3CCCCC3)c2)cc1F. The van der Waals surface area contributed by atoms with Crippen molar-refractivity contribution in [3.8, 4) is 0 Å². The van der Waals surface area contributed by atoms with Gasteiger partial charge in [0.25, 0.3) is 15.9 Å². The first-order valence-corrected chi connectivity index (χ1v) is 12.8. The van der Waals surface area contributed by atoms with Gasteiger partial charge in [-0.15, -0.1) is 0 Å². The minimum Gasteiger partial charge on any atom is -0.468 e. The van der Waals surface area contributed by atoms with E-state index < -0.39 is 15.8 Å². The fourth-order valence-corrected chi connectivity index (χ4v) is 5.15. The summed E-state index contributed by atoms with van der Waals surface area (Å²) < 4.78 is 47.2. The third kappa shape index (κ3) is 5.66. The van der Waals surface area contributed by atoms with Gasteiger partial charge < -0.3 is 9.73 Å². The first-order chi connectivity index (χ1) is 16.3. The van der Waals surface area contributed by atoms with Gasteiger partial charge in [0, 0.05) is 17.8 Å². The Morgan fingerprint density at radius 3 is 2.59 bits per heavy atom. The van der Waals surface area contributed by atoms with E-state index >= 15 is 0 Å². The van der Waals surface area contributed by atoms with Crippen molar-refractivity contribution in [2.24, 2.45) is 0 Å². The van der Waals surface area contributed by atoms with Crippen LogP contribution in [-0.2, 0) is 10.0 Å². The highest BCUT2D eigenvalue weighted by molar-refractivity contribution is 7.92. The topological polar surface area (TPSA) is 91.6 Å². The monoisotopic (exact) mass is 485 g/mol. The Labute approximate surface area is 199 Å². The van der Waals surface area contributed by atoms with Crippen LogP contribution >= 0.6 is 0 Å². The number of furan rings is 1. The van der Waals surface area contributed by atoms with Crippen LogP contribution in [0.2, 0.25) is 0 Å². The molecule has 0 saturated carbocycles. The van der Waals surface area contributed by atoms with E-state index in [2.05, 4.69) is 14.9 Å². The number of carbonyl (C=O) groups excluding carboxylic acids is 1. The highest BCUT2D eigenvalue weighted by Crippen LogP contribution is 2.25. The summed E-state index contributed by atoms with van der Waals surface area (Å²) in [5.74, 6) is -0.124. The number of rotatable bonds is 8.